The molecule has 0 aliphatic carbocycles. The fraction of sp³-hybridized carbons (Fsp3) is 0.143. The largest absolute Gasteiger partial charge is 1.00 e. The lowest BCUT2D eigenvalue weighted by Crippen LogP contribution is -3.00. The molecule has 0 saturated heterocycles. The maximum atomic E-state index is 10.7. The van der Waals surface area contributed by atoms with E-state index in [1.807, 2.05) is 6.07 Å². The zero-order valence-electron chi connectivity index (χ0n) is 7.05. The highest BCUT2D eigenvalue weighted by Gasteiger charge is 2.17. The van der Waals surface area contributed by atoms with Gasteiger partial charge in [0.05, 0.1) is 7.11 Å². The van der Waals surface area contributed by atoms with Gasteiger partial charge in [-0.25, -0.2) is 9.63 Å². The third-order valence-electron chi connectivity index (χ3n) is 1.27. The summed E-state index contributed by atoms with van der Waals surface area (Å²) < 4.78 is 1.43. The van der Waals surface area contributed by atoms with Crippen molar-refractivity contribution in [1.29, 1.82) is 0 Å². The first kappa shape index (κ1) is 11.7. The number of pyridine rings is 1. The number of hydroxylamine groups is 1. The smallest absolute Gasteiger partial charge is 0.400 e. The average molecular weight is 204 g/mol. The SMILES string of the molecule is CON(C(N)=O)[n+]1ccccc1.[Cl-]. The van der Waals surface area contributed by atoms with E-state index in [1.54, 1.807) is 24.5 Å². The van der Waals surface area contributed by atoms with Crippen molar-refractivity contribution in [3.63, 3.8) is 0 Å². The summed E-state index contributed by atoms with van der Waals surface area (Å²) in [7, 11) is 1.37. The number of hydrogen-bond acceptors (Lipinski definition) is 2. The first-order valence-electron chi connectivity index (χ1n) is 3.36. The maximum absolute atomic E-state index is 10.7. The van der Waals surface area contributed by atoms with Crippen LogP contribution in [-0.2, 0) is 4.84 Å². The number of nitrogens with two attached hydrogens (primary N) is 1. The van der Waals surface area contributed by atoms with Crippen molar-refractivity contribution in [2.24, 2.45) is 5.73 Å². The van der Waals surface area contributed by atoms with Gasteiger partial charge >= 0.3 is 6.03 Å². The highest BCUT2D eigenvalue weighted by molar-refractivity contribution is 5.78. The van der Waals surface area contributed by atoms with Gasteiger partial charge in [0.2, 0.25) is 12.4 Å². The summed E-state index contributed by atoms with van der Waals surface area (Å²) in [5.41, 5.74) is 5.02. The van der Waals surface area contributed by atoms with E-state index in [9.17, 15) is 4.79 Å². The molecule has 0 radical (unpaired) electrons. The van der Waals surface area contributed by atoms with E-state index in [4.69, 9.17) is 10.6 Å². The zero-order chi connectivity index (χ0) is 8.97. The minimum absolute atomic E-state index is 0. The molecule has 0 bridgehead atoms. The van der Waals surface area contributed by atoms with Crippen LogP contribution < -0.4 is 28.0 Å². The Labute approximate surface area is 82.0 Å². The average Bonchev–Trinajstić information content (AvgIpc) is 2.07. The van der Waals surface area contributed by atoms with Gasteiger partial charge in [0.1, 0.15) is 0 Å². The van der Waals surface area contributed by atoms with E-state index in [1.165, 1.54) is 11.8 Å². The van der Waals surface area contributed by atoms with Gasteiger partial charge in [-0.15, -0.1) is 0 Å². The lowest BCUT2D eigenvalue weighted by Gasteiger charge is -2.07. The van der Waals surface area contributed by atoms with Crippen LogP contribution in [0.25, 0.3) is 0 Å². The van der Waals surface area contributed by atoms with E-state index >= 15 is 0 Å². The number of halogens is 1. The lowest BCUT2D eigenvalue weighted by atomic mass is 10.5. The first-order valence-corrected chi connectivity index (χ1v) is 3.36. The van der Waals surface area contributed by atoms with Crippen LogP contribution in [-0.4, -0.2) is 13.1 Å². The molecule has 1 rings (SSSR count). The molecular formula is C7H10ClN3O2. The summed E-state index contributed by atoms with van der Waals surface area (Å²) in [4.78, 5) is 15.5. The number of rotatable bonds is 2. The molecule has 2 amide bonds. The number of aromatic nitrogens is 1. The second-order valence-corrected chi connectivity index (χ2v) is 2.05. The number of primary amides is 1. The van der Waals surface area contributed by atoms with Crippen LogP contribution in [0.4, 0.5) is 4.79 Å². The summed E-state index contributed by atoms with van der Waals surface area (Å²) in [6.45, 7) is 0. The van der Waals surface area contributed by atoms with Gasteiger partial charge in [-0.05, 0) is 0 Å². The molecule has 1 aromatic heterocycles. The quantitative estimate of drug-likeness (QED) is 0.402. The summed E-state index contributed by atoms with van der Waals surface area (Å²) >= 11 is 0. The zero-order valence-corrected chi connectivity index (χ0v) is 7.81. The fourth-order valence-electron chi connectivity index (χ4n) is 0.809. The Hall–Kier alpha value is -1.33. The van der Waals surface area contributed by atoms with Crippen LogP contribution in [0.1, 0.15) is 0 Å². The van der Waals surface area contributed by atoms with Crippen molar-refractivity contribution in [1.82, 2.24) is 0 Å². The van der Waals surface area contributed by atoms with Crippen molar-refractivity contribution < 1.29 is 26.7 Å². The summed E-state index contributed by atoms with van der Waals surface area (Å²) in [6.07, 6.45) is 3.29. The number of amides is 2. The van der Waals surface area contributed by atoms with Gasteiger partial charge in [-0.2, -0.15) is 0 Å². The maximum Gasteiger partial charge on any atom is 0.400 e. The van der Waals surface area contributed by atoms with E-state index in [0.717, 1.165) is 5.17 Å². The van der Waals surface area contributed by atoms with Crippen molar-refractivity contribution in [3.05, 3.63) is 30.6 Å². The Balaban J connectivity index is 0.00000144. The minimum atomic E-state index is -0.672. The number of urea groups is 1. The molecule has 0 spiro atoms. The molecular weight excluding hydrogens is 194 g/mol. The van der Waals surface area contributed by atoms with Gasteiger partial charge in [-0.1, -0.05) is 10.7 Å². The molecule has 1 aromatic rings. The molecule has 0 atom stereocenters. The van der Waals surface area contributed by atoms with Gasteiger partial charge in [0, 0.05) is 17.3 Å². The number of carbonyl (C=O) groups excluding carboxylic acids is 1. The molecule has 0 unspecified atom stereocenters. The van der Waals surface area contributed by atoms with Crippen LogP contribution in [0.3, 0.4) is 0 Å². The highest BCUT2D eigenvalue weighted by atomic mass is 35.5. The minimum Gasteiger partial charge on any atom is -1.00 e. The van der Waals surface area contributed by atoms with Crippen LogP contribution in [0, 0.1) is 0 Å². The molecule has 6 heteroatoms. The van der Waals surface area contributed by atoms with Crippen molar-refractivity contribution in [2.75, 3.05) is 12.3 Å². The van der Waals surface area contributed by atoms with Gasteiger partial charge in [0.25, 0.3) is 0 Å². The fourth-order valence-corrected chi connectivity index (χ4v) is 0.809. The molecule has 5 nitrogen and oxygen atoms in total. The molecule has 0 saturated carbocycles. The number of hydrogen-bond donors (Lipinski definition) is 1. The molecule has 0 fully saturated rings. The predicted octanol–water partition coefficient (Wildman–Crippen LogP) is -3.44. The third kappa shape index (κ3) is 2.89. The Morgan fingerprint density at radius 1 is 1.38 bits per heavy atom. The molecule has 72 valence electrons. The molecule has 2 N–H and O–H groups in total. The highest BCUT2D eigenvalue weighted by Crippen LogP contribution is 1.80. The summed E-state index contributed by atoms with van der Waals surface area (Å²) in [6, 6.07) is 4.67. The Morgan fingerprint density at radius 3 is 2.31 bits per heavy atom. The lowest BCUT2D eigenvalue weighted by molar-refractivity contribution is -0.716. The molecule has 0 aliphatic heterocycles. The monoisotopic (exact) mass is 203 g/mol. The Morgan fingerprint density at radius 2 is 1.92 bits per heavy atom. The Bertz CT molecular complexity index is 268. The van der Waals surface area contributed by atoms with Crippen molar-refractivity contribution in [3.8, 4) is 0 Å². The van der Waals surface area contributed by atoms with E-state index in [2.05, 4.69) is 0 Å². The van der Waals surface area contributed by atoms with Crippen LogP contribution >= 0.6 is 0 Å². The van der Waals surface area contributed by atoms with Crippen LogP contribution in [0.15, 0.2) is 30.6 Å². The standard InChI is InChI=1S/C7H9N3O2.ClH/c1-12-10(7(8)11)9-5-3-2-4-6-9;/h2-6H,1H3,(H-,8,11);1H. The normalized spacial score (nSPS) is 8.69. The number of nitrogens with zero attached hydrogens (tertiary/aromatic N) is 2. The topological polar surface area (TPSA) is 59.4 Å². The van der Waals surface area contributed by atoms with Crippen LogP contribution in [0.5, 0.6) is 0 Å². The molecule has 0 aliphatic rings. The van der Waals surface area contributed by atoms with Crippen molar-refractivity contribution in [2.45, 2.75) is 0 Å². The van der Waals surface area contributed by atoms with Crippen molar-refractivity contribution >= 4 is 6.03 Å². The number of carbonyl (C=O) groups is 1. The molecule has 13 heavy (non-hydrogen) atoms. The summed E-state index contributed by atoms with van der Waals surface area (Å²) in [5.74, 6) is 0. The molecule has 1 heterocycles. The summed E-state index contributed by atoms with van der Waals surface area (Å²) in [5, 5.41) is 0.931. The van der Waals surface area contributed by atoms with Gasteiger partial charge in [-0.3, -0.25) is 0 Å². The molecule has 0 aromatic carbocycles. The van der Waals surface area contributed by atoms with E-state index in [-0.39, 0.29) is 12.4 Å². The second-order valence-electron chi connectivity index (χ2n) is 2.05. The Kier molecular flexibility index (Phi) is 4.79. The van der Waals surface area contributed by atoms with E-state index < -0.39 is 6.03 Å². The van der Waals surface area contributed by atoms with Gasteiger partial charge < -0.3 is 18.1 Å². The third-order valence-corrected chi connectivity index (χ3v) is 1.27. The van der Waals surface area contributed by atoms with Gasteiger partial charge in [0.15, 0.2) is 0 Å². The van der Waals surface area contributed by atoms with E-state index in [0.29, 0.717) is 0 Å². The van der Waals surface area contributed by atoms with Crippen LogP contribution in [0.2, 0.25) is 0 Å². The first-order chi connectivity index (χ1) is 5.75. The predicted molar refractivity (Wildman–Crippen MR) is 41.4 cm³/mol. The second kappa shape index (κ2) is 5.34.